The highest BCUT2D eigenvalue weighted by atomic mass is 32.2. The van der Waals surface area contributed by atoms with Gasteiger partial charge in [0.15, 0.2) is 0 Å². The van der Waals surface area contributed by atoms with Crippen molar-refractivity contribution < 1.29 is 24.3 Å². The highest BCUT2D eigenvalue weighted by Gasteiger charge is 2.45. The fourth-order valence-corrected chi connectivity index (χ4v) is 8.57. The van der Waals surface area contributed by atoms with Crippen molar-refractivity contribution in [2.75, 3.05) is 36.1 Å². The van der Waals surface area contributed by atoms with E-state index >= 15 is 0 Å². The van der Waals surface area contributed by atoms with Gasteiger partial charge in [0.05, 0.1) is 17.5 Å². The van der Waals surface area contributed by atoms with Gasteiger partial charge in [0.2, 0.25) is 5.91 Å². The molecule has 2 amide bonds. The van der Waals surface area contributed by atoms with E-state index in [1.807, 2.05) is 54.6 Å². The van der Waals surface area contributed by atoms with E-state index in [0.29, 0.717) is 43.9 Å². The van der Waals surface area contributed by atoms with Crippen LogP contribution in [0, 0.1) is 0 Å². The maximum Gasteiger partial charge on any atom is 0.327 e. The molecule has 2 N–H and O–H groups in total. The van der Waals surface area contributed by atoms with Crippen LogP contribution >= 0.6 is 35.3 Å². The monoisotopic (exact) mass is 599 g/mol. The molecule has 5 rings (SSSR count). The summed E-state index contributed by atoms with van der Waals surface area (Å²) in [7, 11) is 0. The van der Waals surface area contributed by atoms with Crippen molar-refractivity contribution in [3.8, 4) is 0 Å². The zero-order valence-electron chi connectivity index (χ0n) is 22.1. The summed E-state index contributed by atoms with van der Waals surface area (Å²) in [5, 5.41) is 12.4. The summed E-state index contributed by atoms with van der Waals surface area (Å²) >= 11 is 4.27. The van der Waals surface area contributed by atoms with Crippen LogP contribution in [-0.4, -0.2) is 91.4 Å². The van der Waals surface area contributed by atoms with Gasteiger partial charge < -0.3 is 14.9 Å². The number of carbonyl (C=O) groups excluding carboxylic acids is 3. The molecule has 3 aliphatic heterocycles. The number of carboxylic acids is 1. The Bertz CT molecular complexity index is 1240. The SMILES string of the molecule is O=C(S[C@H](CCc1ccccc1)N[C@@H]1Cc2ccccc2[C@@H]2CSC[C@H](C(=O)O)N2C1=O)C(=O)N1CCSCC1. The van der Waals surface area contributed by atoms with Gasteiger partial charge in [0.1, 0.15) is 6.04 Å². The van der Waals surface area contributed by atoms with Crippen molar-refractivity contribution >= 4 is 58.2 Å². The maximum atomic E-state index is 14.1. The van der Waals surface area contributed by atoms with Crippen LogP contribution in [-0.2, 0) is 32.0 Å². The molecule has 0 saturated carbocycles. The molecule has 2 saturated heterocycles. The Morgan fingerprint density at radius 3 is 2.48 bits per heavy atom. The van der Waals surface area contributed by atoms with E-state index in [1.165, 1.54) is 0 Å². The number of fused-ring (bicyclic) bond motifs is 3. The third-order valence-electron chi connectivity index (χ3n) is 7.55. The minimum atomic E-state index is -1.01. The van der Waals surface area contributed by atoms with E-state index in [9.17, 15) is 24.3 Å². The Morgan fingerprint density at radius 1 is 1.00 bits per heavy atom. The van der Waals surface area contributed by atoms with Crippen molar-refractivity contribution in [2.24, 2.45) is 0 Å². The zero-order chi connectivity index (χ0) is 28.1. The van der Waals surface area contributed by atoms with Crippen LogP contribution in [0.5, 0.6) is 0 Å². The molecule has 0 unspecified atom stereocenters. The number of carbonyl (C=O) groups is 4. The third kappa shape index (κ3) is 6.70. The van der Waals surface area contributed by atoms with E-state index in [4.69, 9.17) is 0 Å². The second-order valence-electron chi connectivity index (χ2n) is 10.1. The van der Waals surface area contributed by atoms with Gasteiger partial charge in [-0.1, -0.05) is 66.4 Å². The Labute approximate surface area is 247 Å². The van der Waals surface area contributed by atoms with Crippen molar-refractivity contribution in [2.45, 2.75) is 42.8 Å². The number of nitrogens with zero attached hydrogens (tertiary/aromatic N) is 2. The molecular weight excluding hydrogens is 567 g/mol. The molecule has 2 aromatic carbocycles. The first-order valence-electron chi connectivity index (χ1n) is 13.5. The molecule has 212 valence electrons. The summed E-state index contributed by atoms with van der Waals surface area (Å²) in [6, 6.07) is 15.7. The van der Waals surface area contributed by atoms with Crippen molar-refractivity contribution in [3.05, 3.63) is 71.3 Å². The number of carboxylic acid groups (broad SMARTS) is 1. The molecule has 0 aliphatic carbocycles. The van der Waals surface area contributed by atoms with Crippen LogP contribution < -0.4 is 5.32 Å². The largest absolute Gasteiger partial charge is 0.480 e. The first-order chi connectivity index (χ1) is 19.4. The predicted molar refractivity (Wildman–Crippen MR) is 160 cm³/mol. The van der Waals surface area contributed by atoms with Gasteiger partial charge in [-0.15, -0.1) is 0 Å². The highest BCUT2D eigenvalue weighted by Crippen LogP contribution is 2.38. The van der Waals surface area contributed by atoms with Crippen LogP contribution in [0.25, 0.3) is 0 Å². The van der Waals surface area contributed by atoms with E-state index in [-0.39, 0.29) is 11.9 Å². The van der Waals surface area contributed by atoms with Crippen LogP contribution in [0.4, 0.5) is 0 Å². The second-order valence-corrected chi connectivity index (χ2v) is 13.6. The van der Waals surface area contributed by atoms with Gasteiger partial charge in [-0.3, -0.25) is 19.7 Å². The Morgan fingerprint density at radius 2 is 1.73 bits per heavy atom. The van der Waals surface area contributed by atoms with E-state index in [1.54, 1.807) is 33.3 Å². The second kappa shape index (κ2) is 13.5. The van der Waals surface area contributed by atoms with Crippen molar-refractivity contribution in [1.82, 2.24) is 15.1 Å². The number of rotatable bonds is 7. The molecule has 11 heteroatoms. The van der Waals surface area contributed by atoms with Crippen molar-refractivity contribution in [3.63, 3.8) is 0 Å². The van der Waals surface area contributed by atoms with Gasteiger partial charge in [0.25, 0.3) is 5.12 Å². The molecule has 8 nitrogen and oxygen atoms in total. The van der Waals surface area contributed by atoms with Crippen LogP contribution in [0.1, 0.15) is 29.2 Å². The van der Waals surface area contributed by atoms with Crippen LogP contribution in [0.15, 0.2) is 54.6 Å². The Kier molecular flexibility index (Phi) is 9.77. The summed E-state index contributed by atoms with van der Waals surface area (Å²) in [5.41, 5.74) is 3.06. The number of aliphatic carboxylic acids is 1. The summed E-state index contributed by atoms with van der Waals surface area (Å²) in [5.74, 6) is 0.815. The van der Waals surface area contributed by atoms with E-state index < -0.39 is 34.4 Å². The van der Waals surface area contributed by atoms with E-state index in [2.05, 4.69) is 5.32 Å². The van der Waals surface area contributed by atoms with Gasteiger partial charge in [0, 0.05) is 36.1 Å². The number of nitrogens with one attached hydrogen (secondary N) is 1. The minimum absolute atomic E-state index is 0.272. The molecule has 2 aromatic rings. The predicted octanol–water partition coefficient (Wildman–Crippen LogP) is 3.06. The average molecular weight is 600 g/mol. The first kappa shape index (κ1) is 29.0. The molecule has 4 atom stereocenters. The average Bonchev–Trinajstić information content (AvgIpc) is 3.10. The molecule has 0 spiro atoms. The quantitative estimate of drug-likeness (QED) is 0.367. The fraction of sp³-hybridized carbons (Fsp3) is 0.448. The summed E-state index contributed by atoms with van der Waals surface area (Å²) in [6.07, 6.45) is 1.56. The lowest BCUT2D eigenvalue weighted by Crippen LogP contribution is -2.57. The lowest BCUT2D eigenvalue weighted by Gasteiger charge is -2.40. The lowest BCUT2D eigenvalue weighted by molar-refractivity contribution is -0.152. The molecular formula is C29H33N3O5S3. The number of benzene rings is 2. The molecule has 2 fully saturated rings. The van der Waals surface area contributed by atoms with Gasteiger partial charge in [-0.05, 0) is 36.0 Å². The van der Waals surface area contributed by atoms with Crippen molar-refractivity contribution in [1.29, 1.82) is 0 Å². The molecule has 0 radical (unpaired) electrons. The number of hydrogen-bond donors (Lipinski definition) is 2. The Balaban J connectivity index is 1.40. The first-order valence-corrected chi connectivity index (χ1v) is 16.7. The summed E-state index contributed by atoms with van der Waals surface area (Å²) < 4.78 is 0. The standard InChI is InChI=1S/C29H33N3O5S3/c33-26-22(16-20-8-4-5-9-21(20)23-17-39-18-24(28(35)36)32(23)26)30-25(11-10-19-6-2-1-3-7-19)40-29(37)27(34)31-12-14-38-15-13-31/h1-9,22-25,30H,10-18H2,(H,35,36)/t22-,23+,24-,25-/m1/s1. The third-order valence-corrected chi connectivity index (χ3v) is 10.6. The summed E-state index contributed by atoms with van der Waals surface area (Å²) in [6.45, 7) is 1.11. The fourth-order valence-electron chi connectivity index (χ4n) is 5.49. The van der Waals surface area contributed by atoms with Crippen LogP contribution in [0.3, 0.4) is 0 Å². The molecule has 40 heavy (non-hydrogen) atoms. The lowest BCUT2D eigenvalue weighted by atomic mass is 9.98. The number of hydrogen-bond acceptors (Lipinski definition) is 8. The number of amides is 2. The zero-order valence-corrected chi connectivity index (χ0v) is 24.5. The normalized spacial score (nSPS) is 23.5. The molecule has 3 aliphatic rings. The highest BCUT2D eigenvalue weighted by molar-refractivity contribution is 8.15. The topological polar surface area (TPSA) is 107 Å². The number of thioether (sulfide) groups is 3. The van der Waals surface area contributed by atoms with Gasteiger partial charge >= 0.3 is 11.9 Å². The molecule has 0 aromatic heterocycles. The molecule has 0 bridgehead atoms. The Hall–Kier alpha value is -2.47. The minimum Gasteiger partial charge on any atom is -0.480 e. The smallest absolute Gasteiger partial charge is 0.327 e. The van der Waals surface area contributed by atoms with Gasteiger partial charge in [-0.2, -0.15) is 23.5 Å². The maximum absolute atomic E-state index is 14.1. The van der Waals surface area contributed by atoms with Crippen LogP contribution in [0.2, 0.25) is 0 Å². The summed E-state index contributed by atoms with van der Waals surface area (Å²) in [4.78, 5) is 55.6. The van der Waals surface area contributed by atoms with Gasteiger partial charge in [-0.25, -0.2) is 4.79 Å². The van der Waals surface area contributed by atoms with E-state index in [0.717, 1.165) is 40.0 Å². The molecule has 3 heterocycles. The number of aryl methyl sites for hydroxylation is 1.